The summed E-state index contributed by atoms with van der Waals surface area (Å²) in [6, 6.07) is 15.2. The van der Waals surface area contributed by atoms with E-state index in [-0.39, 0.29) is 12.1 Å². The fraction of sp³-hybridized carbons (Fsp3) is 0.238. The Morgan fingerprint density at radius 3 is 2.85 bits per heavy atom. The summed E-state index contributed by atoms with van der Waals surface area (Å²) >= 11 is 0. The lowest BCUT2D eigenvalue weighted by molar-refractivity contribution is 0.210. The number of nitrogens with zero attached hydrogens (tertiary/aromatic N) is 2. The topological polar surface area (TPSA) is 70.2 Å². The van der Waals surface area contributed by atoms with Gasteiger partial charge in [0.15, 0.2) is 0 Å². The normalized spacial score (nSPS) is 14.0. The van der Waals surface area contributed by atoms with Gasteiger partial charge in [0.25, 0.3) is 0 Å². The molecular weight excluding hydrogens is 340 g/mol. The fourth-order valence-corrected chi connectivity index (χ4v) is 3.44. The minimum Gasteiger partial charge on any atom is -0.491 e. The second kappa shape index (κ2) is 7.53. The van der Waals surface area contributed by atoms with Gasteiger partial charge in [0.05, 0.1) is 12.3 Å². The Bertz CT molecular complexity index is 909. The number of aromatic amines is 1. The summed E-state index contributed by atoms with van der Waals surface area (Å²) < 4.78 is 5.80. The molecule has 0 bridgehead atoms. The number of aromatic nitrogens is 2. The number of urea groups is 1. The molecule has 3 aromatic rings. The van der Waals surface area contributed by atoms with Gasteiger partial charge in [-0.1, -0.05) is 42.5 Å². The third-order valence-corrected chi connectivity index (χ3v) is 4.78. The van der Waals surface area contributed by atoms with Gasteiger partial charge in [-0.05, 0) is 30.0 Å². The van der Waals surface area contributed by atoms with Crippen molar-refractivity contribution in [2.45, 2.75) is 18.9 Å². The number of hydrogen-bond donors (Lipinski definition) is 2. The average molecular weight is 362 g/mol. The van der Waals surface area contributed by atoms with E-state index >= 15 is 0 Å². The van der Waals surface area contributed by atoms with Gasteiger partial charge in [-0.3, -0.25) is 0 Å². The highest BCUT2D eigenvalue weighted by Crippen LogP contribution is 2.33. The lowest BCUT2D eigenvalue weighted by atomic mass is 10.0. The molecule has 0 radical (unpaired) electrons. The number of aryl methyl sites for hydroxylation is 1. The van der Waals surface area contributed by atoms with Crippen LogP contribution in [0.5, 0.6) is 5.75 Å². The molecule has 6 heteroatoms. The van der Waals surface area contributed by atoms with Gasteiger partial charge in [-0.25, -0.2) is 9.78 Å². The summed E-state index contributed by atoms with van der Waals surface area (Å²) in [7, 11) is 1.77. The van der Waals surface area contributed by atoms with Gasteiger partial charge in [0.1, 0.15) is 17.6 Å². The van der Waals surface area contributed by atoms with Crippen LogP contribution in [0.25, 0.3) is 0 Å². The van der Waals surface area contributed by atoms with Gasteiger partial charge < -0.3 is 19.9 Å². The van der Waals surface area contributed by atoms with Gasteiger partial charge in [-0.2, -0.15) is 0 Å². The molecule has 2 amide bonds. The first-order valence-corrected chi connectivity index (χ1v) is 9.07. The van der Waals surface area contributed by atoms with Crippen molar-refractivity contribution in [1.82, 2.24) is 14.9 Å². The summed E-state index contributed by atoms with van der Waals surface area (Å²) in [6.45, 7) is 0.675. The maximum Gasteiger partial charge on any atom is 0.322 e. The van der Waals surface area contributed by atoms with Crippen molar-refractivity contribution < 1.29 is 9.53 Å². The Morgan fingerprint density at radius 1 is 1.22 bits per heavy atom. The molecule has 0 saturated heterocycles. The third kappa shape index (κ3) is 3.51. The molecule has 0 aliphatic carbocycles. The number of ether oxygens (including phenoxy) is 1. The van der Waals surface area contributed by atoms with Crippen LogP contribution < -0.4 is 10.1 Å². The van der Waals surface area contributed by atoms with Crippen LogP contribution in [0.4, 0.5) is 10.5 Å². The van der Waals surface area contributed by atoms with E-state index in [4.69, 9.17) is 4.74 Å². The van der Waals surface area contributed by atoms with Crippen molar-refractivity contribution >= 4 is 11.7 Å². The number of imidazole rings is 1. The summed E-state index contributed by atoms with van der Waals surface area (Å²) in [4.78, 5) is 22.2. The molecule has 2 aromatic carbocycles. The molecule has 1 unspecified atom stereocenters. The first-order chi connectivity index (χ1) is 13.2. The summed E-state index contributed by atoms with van der Waals surface area (Å²) in [5.74, 6) is 1.49. The molecule has 6 nitrogen and oxygen atoms in total. The van der Waals surface area contributed by atoms with Crippen molar-refractivity contribution in [3.05, 3.63) is 77.9 Å². The molecule has 0 fully saturated rings. The first-order valence-electron chi connectivity index (χ1n) is 9.07. The van der Waals surface area contributed by atoms with Crippen molar-refractivity contribution in [2.75, 3.05) is 19.0 Å². The Balaban J connectivity index is 1.61. The van der Waals surface area contributed by atoms with Crippen molar-refractivity contribution in [1.29, 1.82) is 0 Å². The second-order valence-corrected chi connectivity index (χ2v) is 6.57. The van der Waals surface area contributed by atoms with E-state index in [0.29, 0.717) is 18.1 Å². The number of fused-ring (bicyclic) bond motifs is 1. The van der Waals surface area contributed by atoms with Crippen LogP contribution in [0.15, 0.2) is 60.9 Å². The van der Waals surface area contributed by atoms with Crippen LogP contribution in [0.2, 0.25) is 0 Å². The zero-order chi connectivity index (χ0) is 18.6. The van der Waals surface area contributed by atoms with Crippen LogP contribution in [0, 0.1) is 0 Å². The summed E-state index contributed by atoms with van der Waals surface area (Å²) in [5, 5.41) is 3.00. The monoisotopic (exact) mass is 362 g/mol. The number of carbonyl (C=O) groups excluding carboxylic acids is 1. The number of anilines is 1. The zero-order valence-corrected chi connectivity index (χ0v) is 15.2. The molecule has 0 saturated carbocycles. The fourth-order valence-electron chi connectivity index (χ4n) is 3.44. The number of amides is 2. The van der Waals surface area contributed by atoms with E-state index < -0.39 is 0 Å². The Labute approximate surface area is 158 Å². The predicted molar refractivity (Wildman–Crippen MR) is 104 cm³/mol. The van der Waals surface area contributed by atoms with E-state index in [1.165, 1.54) is 0 Å². The second-order valence-electron chi connectivity index (χ2n) is 6.57. The van der Waals surface area contributed by atoms with E-state index in [9.17, 15) is 4.79 Å². The number of nitrogens with one attached hydrogen (secondary N) is 2. The maximum atomic E-state index is 13.0. The number of rotatable bonds is 4. The Morgan fingerprint density at radius 2 is 2.07 bits per heavy atom. The predicted octanol–water partition coefficient (Wildman–Crippen LogP) is 3.99. The molecule has 2 heterocycles. The molecular formula is C21H22N4O2. The zero-order valence-electron chi connectivity index (χ0n) is 15.2. The first kappa shape index (κ1) is 17.1. The highest BCUT2D eigenvalue weighted by Gasteiger charge is 2.26. The molecule has 1 aliphatic heterocycles. The molecule has 1 atom stereocenters. The minimum atomic E-state index is -0.318. The average Bonchev–Trinajstić information content (AvgIpc) is 3.23. The molecule has 138 valence electrons. The van der Waals surface area contributed by atoms with Crippen molar-refractivity contribution in [3.8, 4) is 5.75 Å². The molecule has 1 aliphatic rings. The van der Waals surface area contributed by atoms with E-state index in [1.54, 1.807) is 24.3 Å². The molecule has 1 aromatic heterocycles. The number of para-hydroxylation sites is 1. The van der Waals surface area contributed by atoms with Gasteiger partial charge in [-0.15, -0.1) is 0 Å². The van der Waals surface area contributed by atoms with Crippen LogP contribution in [0.1, 0.15) is 29.4 Å². The minimum absolute atomic E-state index is 0.220. The lowest BCUT2D eigenvalue weighted by Gasteiger charge is -2.28. The van der Waals surface area contributed by atoms with Crippen LogP contribution in [0.3, 0.4) is 0 Å². The Hall–Kier alpha value is -3.28. The van der Waals surface area contributed by atoms with E-state index in [0.717, 1.165) is 29.7 Å². The van der Waals surface area contributed by atoms with Crippen molar-refractivity contribution in [2.24, 2.45) is 0 Å². The summed E-state index contributed by atoms with van der Waals surface area (Å²) in [5.41, 5.74) is 2.82. The Kier molecular flexibility index (Phi) is 4.78. The standard InChI is InChI=1S/C21H22N4O2/c1-25(18(20-22-12-13-23-20)15-7-3-2-4-8-15)21(26)24-17-11-5-9-16-10-6-14-27-19(16)17/h2-5,7-9,11-13,18H,6,10,14H2,1H3,(H,22,23)(H,24,26). The highest BCUT2D eigenvalue weighted by molar-refractivity contribution is 5.91. The number of benzene rings is 2. The molecule has 4 rings (SSSR count). The number of carbonyl (C=O) groups is 1. The van der Waals surface area contributed by atoms with Gasteiger partial charge in [0.2, 0.25) is 0 Å². The molecule has 27 heavy (non-hydrogen) atoms. The lowest BCUT2D eigenvalue weighted by Crippen LogP contribution is -2.36. The van der Waals surface area contributed by atoms with Crippen LogP contribution >= 0.6 is 0 Å². The molecule has 2 N–H and O–H groups in total. The van der Waals surface area contributed by atoms with Crippen LogP contribution in [-0.2, 0) is 6.42 Å². The maximum absolute atomic E-state index is 13.0. The van der Waals surface area contributed by atoms with Crippen molar-refractivity contribution in [3.63, 3.8) is 0 Å². The smallest absolute Gasteiger partial charge is 0.322 e. The summed E-state index contributed by atoms with van der Waals surface area (Å²) in [6.07, 6.45) is 5.42. The third-order valence-electron chi connectivity index (χ3n) is 4.78. The quantitative estimate of drug-likeness (QED) is 0.737. The molecule has 0 spiro atoms. The SMILES string of the molecule is CN(C(=O)Nc1cccc2c1OCCC2)C(c1ccccc1)c1ncc[nH]1. The van der Waals surface area contributed by atoms with E-state index in [1.807, 2.05) is 48.5 Å². The number of H-pyrrole nitrogens is 1. The van der Waals surface area contributed by atoms with Gasteiger partial charge >= 0.3 is 6.03 Å². The van der Waals surface area contributed by atoms with E-state index in [2.05, 4.69) is 15.3 Å². The largest absolute Gasteiger partial charge is 0.491 e. The highest BCUT2D eigenvalue weighted by atomic mass is 16.5. The number of hydrogen-bond acceptors (Lipinski definition) is 3. The van der Waals surface area contributed by atoms with Gasteiger partial charge in [0, 0.05) is 19.4 Å². The van der Waals surface area contributed by atoms with Crippen LogP contribution in [-0.4, -0.2) is 34.6 Å².